The van der Waals surface area contributed by atoms with Crippen LogP contribution in [0.1, 0.15) is 6.42 Å². The normalized spacial score (nSPS) is 10.3. The zero-order valence-corrected chi connectivity index (χ0v) is 10.7. The molecule has 0 aliphatic carbocycles. The predicted octanol–water partition coefficient (Wildman–Crippen LogP) is 0.00340. The minimum Gasteiger partial charge on any atom is -0.369 e. The molecule has 0 aliphatic heterocycles. The van der Waals surface area contributed by atoms with Crippen molar-refractivity contribution in [3.63, 3.8) is 0 Å². The van der Waals surface area contributed by atoms with Crippen LogP contribution in [0.5, 0.6) is 0 Å². The van der Waals surface area contributed by atoms with Gasteiger partial charge in [0.2, 0.25) is 0 Å². The van der Waals surface area contributed by atoms with Gasteiger partial charge in [-0.15, -0.1) is 19.0 Å². The molecular weight excluding hydrogens is 258 g/mol. The number of imidazole rings is 1. The van der Waals surface area contributed by atoms with Crippen LogP contribution in [0.15, 0.2) is 22.2 Å². The molecule has 2 aromatic rings. The van der Waals surface area contributed by atoms with Crippen LogP contribution in [0.25, 0.3) is 11.2 Å². The monoisotopic (exact) mass is 271 g/mol. The number of aromatic nitrogens is 4. The number of aromatic amines is 1. The van der Waals surface area contributed by atoms with Gasteiger partial charge in [0.05, 0.1) is 0 Å². The lowest BCUT2D eigenvalue weighted by atomic mass is 10.4. The summed E-state index contributed by atoms with van der Waals surface area (Å²) in [6.07, 6.45) is 2.30. The van der Waals surface area contributed by atoms with Crippen LogP contribution in [-0.2, 0) is 13.6 Å². The van der Waals surface area contributed by atoms with Crippen molar-refractivity contribution in [1.29, 1.82) is 0 Å². The van der Waals surface area contributed by atoms with Gasteiger partial charge in [-0.25, -0.2) is 4.79 Å². The van der Waals surface area contributed by atoms with Crippen LogP contribution in [-0.4, -0.2) is 19.1 Å². The third kappa shape index (κ3) is 2.04. The van der Waals surface area contributed by atoms with Gasteiger partial charge in [-0.05, 0) is 6.42 Å². The summed E-state index contributed by atoms with van der Waals surface area (Å²) in [5, 5.41) is 0. The Hall–Kier alpha value is -2.02. The van der Waals surface area contributed by atoms with Gasteiger partial charge >= 0.3 is 5.69 Å². The highest BCUT2D eigenvalue weighted by Gasteiger charge is 2.13. The Morgan fingerprint density at radius 2 is 2.17 bits per heavy atom. The van der Waals surface area contributed by atoms with Crippen molar-refractivity contribution in [2.24, 2.45) is 7.05 Å². The molecule has 0 amide bonds. The second-order valence-electron chi connectivity index (χ2n) is 3.70. The molecule has 0 unspecified atom stereocenters. The van der Waals surface area contributed by atoms with Crippen molar-refractivity contribution >= 4 is 29.5 Å². The maximum Gasteiger partial charge on any atom is 0.332 e. The van der Waals surface area contributed by atoms with E-state index in [2.05, 4.69) is 16.5 Å². The maximum atomic E-state index is 11.9. The van der Waals surface area contributed by atoms with Gasteiger partial charge < -0.3 is 10.7 Å². The summed E-state index contributed by atoms with van der Waals surface area (Å²) in [6, 6.07) is 0. The fourth-order valence-electron chi connectivity index (χ4n) is 1.67. The molecule has 0 fully saturated rings. The van der Waals surface area contributed by atoms with E-state index < -0.39 is 11.2 Å². The van der Waals surface area contributed by atoms with E-state index in [1.807, 2.05) is 0 Å². The van der Waals surface area contributed by atoms with Crippen LogP contribution in [0.3, 0.4) is 0 Å². The second kappa shape index (κ2) is 5.09. The molecule has 98 valence electrons. The quantitative estimate of drug-likeness (QED) is 0.768. The van der Waals surface area contributed by atoms with Gasteiger partial charge in [0, 0.05) is 13.6 Å². The molecule has 0 saturated carbocycles. The number of nitrogens with one attached hydrogen (secondary N) is 1. The topological polar surface area (TPSA) is 98.7 Å². The standard InChI is InChI=1S/C10H13N5O2.ClH/c1-3-4-5-15-7-6(12-9(11)13-7)8(16)14(2)10(15)17;/h3H,1,4-5H2,2H3,(H3,11,12,13);1H. The minimum absolute atomic E-state index is 0. The van der Waals surface area contributed by atoms with Crippen LogP contribution in [0.2, 0.25) is 0 Å². The van der Waals surface area contributed by atoms with Gasteiger partial charge in [-0.1, -0.05) is 6.08 Å². The van der Waals surface area contributed by atoms with Gasteiger partial charge in [-0.2, -0.15) is 4.98 Å². The van der Waals surface area contributed by atoms with Crippen molar-refractivity contribution in [1.82, 2.24) is 19.1 Å². The molecule has 0 spiro atoms. The summed E-state index contributed by atoms with van der Waals surface area (Å²) in [5.74, 6) is 0.120. The predicted molar refractivity (Wildman–Crippen MR) is 72.1 cm³/mol. The Bertz CT molecular complexity index is 697. The summed E-state index contributed by atoms with van der Waals surface area (Å²) in [4.78, 5) is 30.3. The molecule has 0 radical (unpaired) electrons. The zero-order valence-electron chi connectivity index (χ0n) is 9.84. The molecule has 0 aliphatic rings. The average molecular weight is 272 g/mol. The Labute approximate surface area is 108 Å². The molecule has 0 aromatic carbocycles. The van der Waals surface area contributed by atoms with Crippen LogP contribution >= 0.6 is 12.4 Å². The van der Waals surface area contributed by atoms with E-state index in [-0.39, 0.29) is 29.5 Å². The summed E-state index contributed by atoms with van der Waals surface area (Å²) in [5.41, 5.74) is 5.21. The second-order valence-corrected chi connectivity index (χ2v) is 3.70. The summed E-state index contributed by atoms with van der Waals surface area (Å²) < 4.78 is 2.44. The lowest BCUT2D eigenvalue weighted by molar-refractivity contribution is 0.627. The number of nitrogens with zero attached hydrogens (tertiary/aromatic N) is 3. The smallest absolute Gasteiger partial charge is 0.332 e. The van der Waals surface area contributed by atoms with E-state index in [1.165, 1.54) is 11.6 Å². The first-order chi connectivity index (χ1) is 8.06. The molecule has 8 heteroatoms. The van der Waals surface area contributed by atoms with E-state index in [4.69, 9.17) is 5.73 Å². The van der Waals surface area contributed by atoms with E-state index in [9.17, 15) is 9.59 Å². The highest BCUT2D eigenvalue weighted by Crippen LogP contribution is 2.06. The Balaban J connectivity index is 0.00000162. The third-order valence-electron chi connectivity index (χ3n) is 2.55. The Kier molecular flexibility index (Phi) is 3.97. The number of H-pyrrole nitrogens is 1. The highest BCUT2D eigenvalue weighted by molar-refractivity contribution is 5.85. The van der Waals surface area contributed by atoms with Crippen molar-refractivity contribution in [3.8, 4) is 0 Å². The first-order valence-electron chi connectivity index (χ1n) is 5.12. The average Bonchev–Trinajstić information content (AvgIpc) is 2.68. The van der Waals surface area contributed by atoms with Gasteiger partial charge in [0.1, 0.15) is 0 Å². The molecule has 18 heavy (non-hydrogen) atoms. The number of hydrogen-bond acceptors (Lipinski definition) is 4. The number of aryl methyl sites for hydroxylation is 1. The fraction of sp³-hybridized carbons (Fsp3) is 0.300. The van der Waals surface area contributed by atoms with Crippen molar-refractivity contribution in [3.05, 3.63) is 33.5 Å². The Morgan fingerprint density at radius 1 is 1.50 bits per heavy atom. The van der Waals surface area contributed by atoms with Gasteiger partial charge in [-0.3, -0.25) is 13.9 Å². The number of nitrogens with two attached hydrogens (primary N) is 1. The van der Waals surface area contributed by atoms with E-state index >= 15 is 0 Å². The number of allylic oxidation sites excluding steroid dienone is 1. The van der Waals surface area contributed by atoms with E-state index in [1.54, 1.807) is 6.08 Å². The largest absolute Gasteiger partial charge is 0.369 e. The molecule has 0 bridgehead atoms. The minimum atomic E-state index is -0.427. The number of nitrogen functional groups attached to an aromatic ring is 1. The summed E-state index contributed by atoms with van der Waals surface area (Å²) in [7, 11) is 1.42. The first-order valence-corrected chi connectivity index (χ1v) is 5.12. The lowest BCUT2D eigenvalue weighted by Crippen LogP contribution is -2.38. The van der Waals surface area contributed by atoms with Gasteiger partial charge in [0.25, 0.3) is 5.56 Å². The van der Waals surface area contributed by atoms with Crippen LogP contribution in [0.4, 0.5) is 5.95 Å². The maximum absolute atomic E-state index is 11.9. The summed E-state index contributed by atoms with van der Waals surface area (Å²) in [6.45, 7) is 4.01. The number of halogens is 1. The van der Waals surface area contributed by atoms with E-state index in [0.29, 0.717) is 13.0 Å². The molecule has 0 saturated heterocycles. The molecule has 2 aromatic heterocycles. The molecular formula is C10H14ClN5O2. The number of anilines is 1. The van der Waals surface area contributed by atoms with Crippen LogP contribution in [0, 0.1) is 0 Å². The Morgan fingerprint density at radius 3 is 2.78 bits per heavy atom. The molecule has 0 atom stereocenters. The first kappa shape index (κ1) is 14.0. The molecule has 2 heterocycles. The third-order valence-corrected chi connectivity index (χ3v) is 2.55. The SMILES string of the molecule is C=CCCn1c(=O)n(C)c(=O)c2[nH]c(N)nc21.Cl. The van der Waals surface area contributed by atoms with Gasteiger partial charge in [0.15, 0.2) is 17.1 Å². The number of fused-ring (bicyclic) bond motifs is 1. The fourth-order valence-corrected chi connectivity index (χ4v) is 1.67. The molecule has 3 N–H and O–H groups in total. The van der Waals surface area contributed by atoms with Crippen LogP contribution < -0.4 is 17.0 Å². The van der Waals surface area contributed by atoms with Crippen molar-refractivity contribution in [2.75, 3.05) is 5.73 Å². The zero-order chi connectivity index (χ0) is 12.6. The number of hydrogen-bond donors (Lipinski definition) is 2. The highest BCUT2D eigenvalue weighted by atomic mass is 35.5. The lowest BCUT2D eigenvalue weighted by Gasteiger charge is -2.06. The van der Waals surface area contributed by atoms with Crippen molar-refractivity contribution in [2.45, 2.75) is 13.0 Å². The van der Waals surface area contributed by atoms with Crippen molar-refractivity contribution < 1.29 is 0 Å². The molecule has 2 rings (SSSR count). The molecule has 7 nitrogen and oxygen atoms in total. The number of rotatable bonds is 3. The van der Waals surface area contributed by atoms with E-state index in [0.717, 1.165) is 4.57 Å². The summed E-state index contributed by atoms with van der Waals surface area (Å²) >= 11 is 0.